The number of hydrogen-bond acceptors (Lipinski definition) is 4. The fourth-order valence-electron chi connectivity index (χ4n) is 2.17. The largest absolute Gasteiger partial charge is 0.416 e. The van der Waals surface area contributed by atoms with Gasteiger partial charge in [-0.25, -0.2) is 18.7 Å². The molecule has 0 aliphatic carbocycles. The average molecular weight is 394 g/mol. The molecule has 2 N–H and O–H groups in total. The van der Waals surface area contributed by atoms with Crippen molar-refractivity contribution in [3.63, 3.8) is 0 Å². The van der Waals surface area contributed by atoms with E-state index in [0.717, 1.165) is 30.5 Å². The molecule has 1 aromatic heterocycles. The Labute approximate surface area is 155 Å². The summed E-state index contributed by atoms with van der Waals surface area (Å²) in [5.41, 5.74) is -0.491. The number of nitrogens with one attached hydrogen (secondary N) is 2. The van der Waals surface area contributed by atoms with Gasteiger partial charge in [0.1, 0.15) is 11.5 Å². The van der Waals surface area contributed by atoms with E-state index >= 15 is 0 Å². The zero-order valence-electron chi connectivity index (χ0n) is 13.9. The first-order chi connectivity index (χ1) is 13.2. The van der Waals surface area contributed by atoms with Gasteiger partial charge in [0.25, 0.3) is 5.91 Å². The molecular weight excluding hydrogens is 383 g/mol. The molecule has 3 rings (SSSR count). The van der Waals surface area contributed by atoms with Crippen LogP contribution in [0.25, 0.3) is 0 Å². The minimum absolute atomic E-state index is 0.0395. The van der Waals surface area contributed by atoms with E-state index in [2.05, 4.69) is 20.6 Å². The normalized spacial score (nSPS) is 11.2. The summed E-state index contributed by atoms with van der Waals surface area (Å²) in [6.45, 7) is 0. The number of nitrogens with zero attached hydrogens (tertiary/aromatic N) is 2. The maximum atomic E-state index is 13.2. The highest BCUT2D eigenvalue weighted by Crippen LogP contribution is 2.30. The van der Waals surface area contributed by atoms with Crippen molar-refractivity contribution in [1.82, 2.24) is 9.97 Å². The van der Waals surface area contributed by atoms with Crippen LogP contribution in [-0.4, -0.2) is 15.9 Å². The molecule has 0 aliphatic rings. The van der Waals surface area contributed by atoms with Crippen molar-refractivity contribution in [2.24, 2.45) is 0 Å². The minimum atomic E-state index is -4.43. The molecule has 0 spiro atoms. The highest BCUT2D eigenvalue weighted by atomic mass is 19.4. The first-order valence-electron chi connectivity index (χ1n) is 7.75. The third-order valence-corrected chi connectivity index (χ3v) is 3.55. The second-order valence-corrected chi connectivity index (χ2v) is 5.57. The van der Waals surface area contributed by atoms with Crippen molar-refractivity contribution in [3.8, 4) is 0 Å². The maximum absolute atomic E-state index is 13.2. The van der Waals surface area contributed by atoms with Crippen molar-refractivity contribution in [3.05, 3.63) is 77.8 Å². The minimum Gasteiger partial charge on any atom is -0.339 e. The van der Waals surface area contributed by atoms with Crippen LogP contribution in [0.3, 0.4) is 0 Å². The van der Waals surface area contributed by atoms with E-state index in [4.69, 9.17) is 0 Å². The van der Waals surface area contributed by atoms with Gasteiger partial charge in [0.05, 0.1) is 18.0 Å². The third-order valence-electron chi connectivity index (χ3n) is 3.55. The van der Waals surface area contributed by atoms with Crippen LogP contribution in [0.2, 0.25) is 0 Å². The number of anilines is 3. The second kappa shape index (κ2) is 7.59. The van der Waals surface area contributed by atoms with Gasteiger partial charge in [-0.05, 0) is 36.4 Å². The second-order valence-electron chi connectivity index (χ2n) is 5.57. The van der Waals surface area contributed by atoms with E-state index in [-0.39, 0.29) is 17.2 Å². The van der Waals surface area contributed by atoms with Gasteiger partial charge < -0.3 is 10.6 Å². The summed E-state index contributed by atoms with van der Waals surface area (Å²) in [6, 6.07) is 7.17. The number of carbonyl (C=O) groups is 1. The number of carbonyl (C=O) groups excluding carboxylic acids is 1. The van der Waals surface area contributed by atoms with Crippen LogP contribution in [-0.2, 0) is 6.18 Å². The Bertz CT molecular complexity index is 988. The smallest absolute Gasteiger partial charge is 0.339 e. The van der Waals surface area contributed by atoms with Gasteiger partial charge in [-0.3, -0.25) is 4.79 Å². The average Bonchev–Trinajstić information content (AvgIpc) is 2.65. The number of alkyl halides is 3. The lowest BCUT2D eigenvalue weighted by Gasteiger charge is -2.09. The molecule has 0 saturated heterocycles. The molecule has 0 aliphatic heterocycles. The number of rotatable bonds is 4. The zero-order chi connectivity index (χ0) is 20.3. The zero-order valence-corrected chi connectivity index (χ0v) is 13.9. The molecule has 3 aromatic rings. The number of hydrogen-bond donors (Lipinski definition) is 2. The SMILES string of the molecule is O=C(Nc1ccc(F)c(F)c1)c1cnc(Nc2ccc(C(F)(F)F)cc2)cn1. The van der Waals surface area contributed by atoms with Crippen molar-refractivity contribution < 1.29 is 26.7 Å². The molecule has 28 heavy (non-hydrogen) atoms. The van der Waals surface area contributed by atoms with Gasteiger partial charge in [-0.1, -0.05) is 0 Å². The lowest BCUT2D eigenvalue weighted by molar-refractivity contribution is -0.137. The molecule has 144 valence electrons. The summed E-state index contributed by atoms with van der Waals surface area (Å²) >= 11 is 0. The lowest BCUT2D eigenvalue weighted by atomic mass is 10.2. The Morgan fingerprint density at radius 2 is 1.54 bits per heavy atom. The van der Waals surface area contributed by atoms with Gasteiger partial charge in [-0.15, -0.1) is 0 Å². The van der Waals surface area contributed by atoms with Gasteiger partial charge in [0, 0.05) is 17.4 Å². The summed E-state index contributed by atoms with van der Waals surface area (Å²) in [6.07, 6.45) is -2.10. The van der Waals surface area contributed by atoms with E-state index < -0.39 is 29.3 Å². The summed E-state index contributed by atoms with van der Waals surface area (Å²) in [5.74, 6) is -2.65. The van der Waals surface area contributed by atoms with Gasteiger partial charge >= 0.3 is 6.18 Å². The Hall–Kier alpha value is -3.56. The van der Waals surface area contributed by atoms with Crippen molar-refractivity contribution in [1.29, 1.82) is 0 Å². The van der Waals surface area contributed by atoms with E-state index in [0.29, 0.717) is 5.69 Å². The predicted octanol–water partition coefficient (Wildman–Crippen LogP) is 4.77. The predicted molar refractivity (Wildman–Crippen MR) is 91.1 cm³/mol. The summed E-state index contributed by atoms with van der Waals surface area (Å²) in [5, 5.41) is 5.09. The van der Waals surface area contributed by atoms with Crippen molar-refractivity contribution >= 4 is 23.1 Å². The molecule has 0 fully saturated rings. The molecule has 0 radical (unpaired) electrons. The summed E-state index contributed by atoms with van der Waals surface area (Å²) in [7, 11) is 0. The van der Waals surface area contributed by atoms with E-state index in [9.17, 15) is 26.7 Å². The fourth-order valence-corrected chi connectivity index (χ4v) is 2.17. The quantitative estimate of drug-likeness (QED) is 0.626. The van der Waals surface area contributed by atoms with Crippen LogP contribution in [0, 0.1) is 11.6 Å². The molecule has 0 bridgehead atoms. The Morgan fingerprint density at radius 1 is 0.857 bits per heavy atom. The third kappa shape index (κ3) is 4.58. The molecule has 0 atom stereocenters. The maximum Gasteiger partial charge on any atom is 0.416 e. The van der Waals surface area contributed by atoms with Crippen molar-refractivity contribution in [2.45, 2.75) is 6.18 Å². The topological polar surface area (TPSA) is 66.9 Å². The van der Waals surface area contributed by atoms with Crippen LogP contribution < -0.4 is 10.6 Å². The molecule has 1 amide bonds. The van der Waals surface area contributed by atoms with E-state index in [1.165, 1.54) is 24.4 Å². The van der Waals surface area contributed by atoms with Gasteiger partial charge in [-0.2, -0.15) is 13.2 Å². The van der Waals surface area contributed by atoms with Gasteiger partial charge in [0.15, 0.2) is 11.6 Å². The first-order valence-corrected chi connectivity index (χ1v) is 7.75. The number of benzene rings is 2. The summed E-state index contributed by atoms with van der Waals surface area (Å²) < 4.78 is 63.7. The monoisotopic (exact) mass is 394 g/mol. The molecule has 1 heterocycles. The van der Waals surface area contributed by atoms with Crippen LogP contribution in [0.1, 0.15) is 16.1 Å². The van der Waals surface area contributed by atoms with Crippen LogP contribution >= 0.6 is 0 Å². The summed E-state index contributed by atoms with van der Waals surface area (Å²) in [4.78, 5) is 19.9. The molecule has 0 unspecified atom stereocenters. The standard InChI is InChI=1S/C18H11F5N4O/c19-13-6-5-12(7-14(13)20)27-17(28)15-8-25-16(9-24-15)26-11-3-1-10(2-4-11)18(21,22)23/h1-9H,(H,25,26)(H,27,28). The molecule has 10 heteroatoms. The highest BCUT2D eigenvalue weighted by Gasteiger charge is 2.29. The van der Waals surface area contributed by atoms with Gasteiger partial charge in [0.2, 0.25) is 0 Å². The highest BCUT2D eigenvalue weighted by molar-refractivity contribution is 6.02. The first kappa shape index (κ1) is 19.2. The number of aromatic nitrogens is 2. The molecule has 0 saturated carbocycles. The Balaban J connectivity index is 1.65. The Kier molecular flexibility index (Phi) is 5.21. The van der Waals surface area contributed by atoms with Crippen LogP contribution in [0.15, 0.2) is 54.9 Å². The molecular formula is C18H11F5N4O. The number of halogens is 5. The van der Waals surface area contributed by atoms with E-state index in [1.54, 1.807) is 0 Å². The van der Waals surface area contributed by atoms with Crippen molar-refractivity contribution in [2.75, 3.05) is 10.6 Å². The molecule has 2 aromatic carbocycles. The van der Waals surface area contributed by atoms with Crippen LogP contribution in [0.4, 0.5) is 39.1 Å². The molecule has 5 nitrogen and oxygen atoms in total. The number of amides is 1. The fraction of sp³-hybridized carbons (Fsp3) is 0.0556. The van der Waals surface area contributed by atoms with Crippen LogP contribution in [0.5, 0.6) is 0 Å². The Morgan fingerprint density at radius 3 is 2.11 bits per heavy atom. The van der Waals surface area contributed by atoms with E-state index in [1.807, 2.05) is 0 Å². The lowest BCUT2D eigenvalue weighted by Crippen LogP contribution is -2.14.